The summed E-state index contributed by atoms with van der Waals surface area (Å²) in [5.41, 5.74) is 0.603. The van der Waals surface area contributed by atoms with E-state index < -0.39 is 0 Å². The second-order valence-corrected chi connectivity index (χ2v) is 5.99. The van der Waals surface area contributed by atoms with Gasteiger partial charge in [-0.05, 0) is 31.0 Å². The summed E-state index contributed by atoms with van der Waals surface area (Å²) in [6, 6.07) is 7.19. The highest BCUT2D eigenvalue weighted by Crippen LogP contribution is 2.20. The Bertz CT molecular complexity index is 582. The molecule has 0 aliphatic carbocycles. The first-order chi connectivity index (χ1) is 11.2. The molecule has 1 aromatic rings. The lowest BCUT2D eigenvalue weighted by molar-refractivity contribution is -0.142. The number of nitrogens with one attached hydrogen (secondary N) is 1. The number of methoxy groups -OCH3 is 1. The third-order valence-corrected chi connectivity index (χ3v) is 4.55. The second-order valence-electron chi connectivity index (χ2n) is 5.99. The molecular weight excluding hydrogens is 296 g/mol. The summed E-state index contributed by atoms with van der Waals surface area (Å²) in [7, 11) is 1.58. The van der Waals surface area contributed by atoms with Crippen molar-refractivity contribution in [1.29, 1.82) is 0 Å². The van der Waals surface area contributed by atoms with Gasteiger partial charge in [0.2, 0.25) is 0 Å². The molecule has 1 atom stereocenters. The molecule has 3 rings (SSSR count). The van der Waals surface area contributed by atoms with E-state index in [-0.39, 0.29) is 24.0 Å². The van der Waals surface area contributed by atoms with Gasteiger partial charge in [0, 0.05) is 31.1 Å². The van der Waals surface area contributed by atoms with Gasteiger partial charge in [0.25, 0.3) is 5.91 Å². The average Bonchev–Trinajstić information content (AvgIpc) is 3.01. The van der Waals surface area contributed by atoms with Crippen LogP contribution >= 0.6 is 0 Å². The quantitative estimate of drug-likeness (QED) is 0.845. The van der Waals surface area contributed by atoms with Crippen molar-refractivity contribution in [3.63, 3.8) is 0 Å². The minimum absolute atomic E-state index is 0.0809. The zero-order valence-corrected chi connectivity index (χ0v) is 13.3. The molecule has 1 N–H and O–H groups in total. The number of carbonyl (C=O) groups is 2. The minimum Gasteiger partial charge on any atom is -0.497 e. The lowest BCUT2D eigenvalue weighted by atomic mass is 10.0. The van der Waals surface area contributed by atoms with Crippen LogP contribution in [0.15, 0.2) is 24.3 Å². The van der Waals surface area contributed by atoms with Crippen LogP contribution in [0.5, 0.6) is 5.75 Å². The van der Waals surface area contributed by atoms with E-state index in [0.29, 0.717) is 17.9 Å². The van der Waals surface area contributed by atoms with E-state index in [9.17, 15) is 9.59 Å². The SMILES string of the molecule is COc1cccc(C(=O)NC2CCN(C3CCOC3=O)CC2)c1. The highest BCUT2D eigenvalue weighted by molar-refractivity contribution is 5.94. The van der Waals surface area contributed by atoms with Crippen LogP contribution in [0.3, 0.4) is 0 Å². The number of hydrogen-bond acceptors (Lipinski definition) is 5. The molecule has 0 saturated carbocycles. The predicted octanol–water partition coefficient (Wildman–Crippen LogP) is 1.20. The van der Waals surface area contributed by atoms with Gasteiger partial charge < -0.3 is 14.8 Å². The fourth-order valence-electron chi connectivity index (χ4n) is 3.21. The van der Waals surface area contributed by atoms with Crippen molar-refractivity contribution in [3.05, 3.63) is 29.8 Å². The molecule has 23 heavy (non-hydrogen) atoms. The molecule has 1 amide bonds. The Balaban J connectivity index is 1.52. The number of esters is 1. The number of likely N-dealkylation sites (tertiary alicyclic amines) is 1. The molecule has 6 nitrogen and oxygen atoms in total. The van der Waals surface area contributed by atoms with E-state index in [1.807, 2.05) is 12.1 Å². The Morgan fingerprint density at radius 2 is 2.09 bits per heavy atom. The number of cyclic esters (lactones) is 1. The third kappa shape index (κ3) is 3.64. The first-order valence-electron chi connectivity index (χ1n) is 8.03. The number of hydrogen-bond donors (Lipinski definition) is 1. The van der Waals surface area contributed by atoms with E-state index >= 15 is 0 Å². The predicted molar refractivity (Wildman–Crippen MR) is 84.4 cm³/mol. The zero-order valence-electron chi connectivity index (χ0n) is 13.3. The van der Waals surface area contributed by atoms with E-state index in [2.05, 4.69) is 10.2 Å². The highest BCUT2D eigenvalue weighted by atomic mass is 16.5. The van der Waals surface area contributed by atoms with E-state index in [0.717, 1.165) is 32.4 Å². The second kappa shape index (κ2) is 7.00. The van der Waals surface area contributed by atoms with Crippen molar-refractivity contribution in [3.8, 4) is 5.75 Å². The number of rotatable bonds is 4. The summed E-state index contributed by atoms with van der Waals surface area (Å²) in [6.07, 6.45) is 2.47. The van der Waals surface area contributed by atoms with E-state index in [1.54, 1.807) is 19.2 Å². The lowest BCUT2D eigenvalue weighted by Crippen LogP contribution is -2.49. The topological polar surface area (TPSA) is 67.9 Å². The van der Waals surface area contributed by atoms with Gasteiger partial charge in [0.1, 0.15) is 11.8 Å². The Labute approximate surface area is 135 Å². The van der Waals surface area contributed by atoms with Gasteiger partial charge in [-0.1, -0.05) is 6.07 Å². The highest BCUT2D eigenvalue weighted by Gasteiger charge is 2.34. The Kier molecular flexibility index (Phi) is 4.81. The summed E-state index contributed by atoms with van der Waals surface area (Å²) < 4.78 is 10.2. The number of carbonyl (C=O) groups excluding carboxylic acids is 2. The smallest absolute Gasteiger partial charge is 0.323 e. The summed E-state index contributed by atoms with van der Waals surface area (Å²) >= 11 is 0. The van der Waals surface area contributed by atoms with Crippen molar-refractivity contribution in [1.82, 2.24) is 10.2 Å². The molecule has 2 saturated heterocycles. The van der Waals surface area contributed by atoms with Crippen LogP contribution in [0.1, 0.15) is 29.6 Å². The van der Waals surface area contributed by atoms with Crippen LogP contribution in [0.4, 0.5) is 0 Å². The summed E-state index contributed by atoms with van der Waals surface area (Å²) in [5, 5.41) is 3.07. The van der Waals surface area contributed by atoms with E-state index in [4.69, 9.17) is 9.47 Å². The van der Waals surface area contributed by atoms with Crippen LogP contribution in [0, 0.1) is 0 Å². The molecule has 0 bridgehead atoms. The van der Waals surface area contributed by atoms with Crippen molar-refractivity contribution >= 4 is 11.9 Å². The first-order valence-corrected chi connectivity index (χ1v) is 8.03. The number of ether oxygens (including phenoxy) is 2. The summed E-state index contributed by atoms with van der Waals surface area (Å²) in [4.78, 5) is 26.1. The summed E-state index contributed by atoms with van der Waals surface area (Å²) in [5.74, 6) is 0.485. The number of nitrogens with zero attached hydrogens (tertiary/aromatic N) is 1. The average molecular weight is 318 g/mol. The number of benzene rings is 1. The summed E-state index contributed by atoms with van der Waals surface area (Å²) in [6.45, 7) is 2.14. The number of piperidine rings is 1. The molecular formula is C17H22N2O4. The fraction of sp³-hybridized carbons (Fsp3) is 0.529. The molecule has 2 aliphatic heterocycles. The van der Waals surface area contributed by atoms with Crippen LogP contribution in [-0.2, 0) is 9.53 Å². The largest absolute Gasteiger partial charge is 0.497 e. The lowest BCUT2D eigenvalue weighted by Gasteiger charge is -2.34. The molecule has 1 unspecified atom stereocenters. The molecule has 2 fully saturated rings. The maximum atomic E-state index is 12.3. The molecule has 0 radical (unpaired) electrons. The normalized spacial score (nSPS) is 22.7. The standard InChI is InChI=1S/C17H22N2O4/c1-22-14-4-2-3-12(11-14)16(20)18-13-5-8-19(9-6-13)15-7-10-23-17(15)21/h2-4,11,13,15H,5-10H2,1H3,(H,18,20). The molecule has 2 aliphatic rings. The maximum absolute atomic E-state index is 12.3. The molecule has 1 aromatic carbocycles. The monoisotopic (exact) mass is 318 g/mol. The molecule has 124 valence electrons. The zero-order chi connectivity index (χ0) is 16.2. The Morgan fingerprint density at radius 3 is 2.74 bits per heavy atom. The minimum atomic E-state index is -0.108. The van der Waals surface area contributed by atoms with Gasteiger partial charge in [-0.2, -0.15) is 0 Å². The molecule has 2 heterocycles. The van der Waals surface area contributed by atoms with Crippen molar-refractivity contribution in [2.45, 2.75) is 31.3 Å². The van der Waals surface area contributed by atoms with Gasteiger partial charge in [-0.25, -0.2) is 0 Å². The van der Waals surface area contributed by atoms with Gasteiger partial charge in [0.05, 0.1) is 13.7 Å². The third-order valence-electron chi connectivity index (χ3n) is 4.55. The van der Waals surface area contributed by atoms with Gasteiger partial charge in [-0.15, -0.1) is 0 Å². The van der Waals surface area contributed by atoms with Crippen LogP contribution in [-0.4, -0.2) is 55.7 Å². The maximum Gasteiger partial charge on any atom is 0.323 e. The Morgan fingerprint density at radius 1 is 1.30 bits per heavy atom. The first kappa shape index (κ1) is 15.8. The van der Waals surface area contributed by atoms with Crippen molar-refractivity contribution in [2.24, 2.45) is 0 Å². The molecule has 0 aromatic heterocycles. The fourth-order valence-corrected chi connectivity index (χ4v) is 3.21. The van der Waals surface area contributed by atoms with Gasteiger partial charge >= 0.3 is 5.97 Å². The van der Waals surface area contributed by atoms with Gasteiger partial charge in [0.15, 0.2) is 0 Å². The number of amides is 1. The van der Waals surface area contributed by atoms with Crippen molar-refractivity contribution in [2.75, 3.05) is 26.8 Å². The van der Waals surface area contributed by atoms with Crippen LogP contribution in [0.25, 0.3) is 0 Å². The van der Waals surface area contributed by atoms with Gasteiger partial charge in [-0.3, -0.25) is 14.5 Å². The molecule has 6 heteroatoms. The molecule has 0 spiro atoms. The van der Waals surface area contributed by atoms with E-state index in [1.165, 1.54) is 0 Å². The van der Waals surface area contributed by atoms with Crippen molar-refractivity contribution < 1.29 is 19.1 Å². The van der Waals surface area contributed by atoms with Crippen LogP contribution in [0.2, 0.25) is 0 Å². The Hall–Kier alpha value is -2.08. The van der Waals surface area contributed by atoms with Crippen LogP contribution < -0.4 is 10.1 Å².